The zero-order valence-corrected chi connectivity index (χ0v) is 10.2. The van der Waals surface area contributed by atoms with Crippen LogP contribution in [0.3, 0.4) is 0 Å². The smallest absolute Gasteiger partial charge is 0.307 e. The minimum atomic E-state index is -0.874. The number of aromatic nitrogens is 2. The number of imidazole rings is 1. The van der Waals surface area contributed by atoms with E-state index in [0.717, 1.165) is 5.69 Å². The van der Waals surface area contributed by atoms with Crippen molar-refractivity contribution in [1.29, 1.82) is 0 Å². The van der Waals surface area contributed by atoms with Gasteiger partial charge >= 0.3 is 5.97 Å². The molecule has 2 rings (SSSR count). The number of amides is 1. The molecule has 0 aromatic carbocycles. The maximum absolute atomic E-state index is 12.0. The van der Waals surface area contributed by atoms with Gasteiger partial charge in [0.25, 0.3) is 0 Å². The number of hydrogen-bond donors (Lipinski definition) is 3. The third-order valence-electron chi connectivity index (χ3n) is 3.46. The minimum Gasteiger partial charge on any atom is -0.481 e. The molecule has 0 aliphatic heterocycles. The summed E-state index contributed by atoms with van der Waals surface area (Å²) in [5.41, 5.74) is 0.807. The molecule has 98 valence electrons. The van der Waals surface area contributed by atoms with Crippen molar-refractivity contribution < 1.29 is 14.7 Å². The molecule has 1 fully saturated rings. The first-order valence-corrected chi connectivity index (χ1v) is 6.05. The van der Waals surface area contributed by atoms with Gasteiger partial charge in [-0.15, -0.1) is 0 Å². The molecule has 0 saturated heterocycles. The second kappa shape index (κ2) is 5.20. The number of carboxylic acid groups (broad SMARTS) is 1. The third-order valence-corrected chi connectivity index (χ3v) is 3.46. The highest BCUT2D eigenvalue weighted by molar-refractivity contribution is 5.85. The Bertz CT molecular complexity index is 430. The van der Waals surface area contributed by atoms with Crippen molar-refractivity contribution >= 4 is 11.9 Å². The second-order valence-corrected chi connectivity index (χ2v) is 4.92. The number of carboxylic acids is 1. The lowest BCUT2D eigenvalue weighted by Crippen LogP contribution is -2.35. The van der Waals surface area contributed by atoms with Gasteiger partial charge in [-0.2, -0.15) is 0 Å². The Morgan fingerprint density at radius 2 is 2.22 bits per heavy atom. The van der Waals surface area contributed by atoms with E-state index in [1.54, 1.807) is 12.5 Å². The van der Waals surface area contributed by atoms with E-state index in [4.69, 9.17) is 5.11 Å². The predicted octanol–water partition coefficient (Wildman–Crippen LogP) is 0.773. The van der Waals surface area contributed by atoms with Crippen molar-refractivity contribution in [3.63, 3.8) is 0 Å². The lowest BCUT2D eigenvalue weighted by Gasteiger charge is -2.15. The Hall–Kier alpha value is -1.85. The van der Waals surface area contributed by atoms with Crippen molar-refractivity contribution in [1.82, 2.24) is 15.3 Å². The number of aromatic amines is 1. The van der Waals surface area contributed by atoms with Gasteiger partial charge in [0.2, 0.25) is 5.91 Å². The molecule has 3 unspecified atom stereocenters. The van der Waals surface area contributed by atoms with E-state index in [1.807, 2.05) is 6.92 Å². The molecular weight excluding hydrogens is 234 g/mol. The van der Waals surface area contributed by atoms with E-state index >= 15 is 0 Å². The molecule has 1 aromatic heterocycles. The van der Waals surface area contributed by atoms with Crippen molar-refractivity contribution in [2.45, 2.75) is 26.3 Å². The van der Waals surface area contributed by atoms with Crippen LogP contribution in [-0.2, 0) is 16.1 Å². The van der Waals surface area contributed by atoms with Crippen LogP contribution < -0.4 is 5.32 Å². The summed E-state index contributed by atoms with van der Waals surface area (Å²) in [5.74, 6) is -1.74. The molecule has 18 heavy (non-hydrogen) atoms. The fraction of sp³-hybridized carbons (Fsp3) is 0.583. The van der Waals surface area contributed by atoms with Crippen LogP contribution in [0, 0.1) is 17.8 Å². The maximum Gasteiger partial charge on any atom is 0.307 e. The van der Waals surface area contributed by atoms with Gasteiger partial charge in [0.05, 0.1) is 30.4 Å². The normalized spacial score (nSPS) is 27.1. The Balaban J connectivity index is 1.93. The van der Waals surface area contributed by atoms with Gasteiger partial charge in [0, 0.05) is 6.20 Å². The van der Waals surface area contributed by atoms with Gasteiger partial charge in [-0.25, -0.2) is 4.98 Å². The quantitative estimate of drug-likeness (QED) is 0.736. The van der Waals surface area contributed by atoms with Gasteiger partial charge in [-0.05, 0) is 18.8 Å². The fourth-order valence-electron chi connectivity index (χ4n) is 2.55. The zero-order valence-electron chi connectivity index (χ0n) is 10.2. The first-order valence-electron chi connectivity index (χ1n) is 6.05. The Morgan fingerprint density at radius 3 is 2.83 bits per heavy atom. The number of nitrogens with one attached hydrogen (secondary N) is 2. The van der Waals surface area contributed by atoms with Crippen LogP contribution >= 0.6 is 0 Å². The van der Waals surface area contributed by atoms with Gasteiger partial charge in [-0.1, -0.05) is 6.92 Å². The highest BCUT2D eigenvalue weighted by Crippen LogP contribution is 2.36. The third kappa shape index (κ3) is 2.69. The Kier molecular flexibility index (Phi) is 3.64. The van der Waals surface area contributed by atoms with Crippen LogP contribution in [0.1, 0.15) is 25.5 Å². The van der Waals surface area contributed by atoms with Crippen LogP contribution in [0.25, 0.3) is 0 Å². The highest BCUT2D eigenvalue weighted by Gasteiger charge is 2.40. The summed E-state index contributed by atoms with van der Waals surface area (Å²) in [6.07, 6.45) is 4.40. The molecule has 6 heteroatoms. The average molecular weight is 251 g/mol. The first kappa shape index (κ1) is 12.6. The molecule has 1 saturated carbocycles. The van der Waals surface area contributed by atoms with Gasteiger partial charge < -0.3 is 15.4 Å². The largest absolute Gasteiger partial charge is 0.481 e. The minimum absolute atomic E-state index is 0.179. The number of hydrogen-bond acceptors (Lipinski definition) is 3. The van der Waals surface area contributed by atoms with E-state index in [-0.39, 0.29) is 11.8 Å². The van der Waals surface area contributed by atoms with Crippen molar-refractivity contribution in [3.05, 3.63) is 18.2 Å². The summed E-state index contributed by atoms with van der Waals surface area (Å²) in [6.45, 7) is 2.34. The van der Waals surface area contributed by atoms with Gasteiger partial charge in [0.1, 0.15) is 0 Å². The molecule has 1 amide bonds. The van der Waals surface area contributed by atoms with E-state index < -0.39 is 17.8 Å². The van der Waals surface area contributed by atoms with Crippen LogP contribution in [0.4, 0.5) is 0 Å². The topological polar surface area (TPSA) is 95.1 Å². The lowest BCUT2D eigenvalue weighted by molar-refractivity contribution is -0.146. The summed E-state index contributed by atoms with van der Waals surface area (Å²) in [6, 6.07) is 0. The highest BCUT2D eigenvalue weighted by atomic mass is 16.4. The number of H-pyrrole nitrogens is 1. The Morgan fingerprint density at radius 1 is 1.50 bits per heavy atom. The summed E-state index contributed by atoms with van der Waals surface area (Å²) < 4.78 is 0. The van der Waals surface area contributed by atoms with Gasteiger partial charge in [-0.3, -0.25) is 9.59 Å². The molecule has 0 radical (unpaired) electrons. The van der Waals surface area contributed by atoms with Crippen LogP contribution in [0.5, 0.6) is 0 Å². The molecule has 0 bridgehead atoms. The molecule has 6 nitrogen and oxygen atoms in total. The number of rotatable bonds is 4. The number of aliphatic carboxylic acids is 1. The maximum atomic E-state index is 12.0. The summed E-state index contributed by atoms with van der Waals surface area (Å²) in [5, 5.41) is 11.9. The Labute approximate surface area is 105 Å². The summed E-state index contributed by atoms with van der Waals surface area (Å²) in [7, 11) is 0. The fourth-order valence-corrected chi connectivity index (χ4v) is 2.55. The number of nitrogens with zero attached hydrogens (tertiary/aromatic N) is 1. The SMILES string of the molecule is CC1CC(C(=O)O)C(C(=O)NCc2cnc[nH]2)C1. The predicted molar refractivity (Wildman–Crippen MR) is 63.4 cm³/mol. The van der Waals surface area contributed by atoms with Crippen molar-refractivity contribution in [3.8, 4) is 0 Å². The number of carbonyl (C=O) groups excluding carboxylic acids is 1. The molecule has 0 spiro atoms. The van der Waals surface area contributed by atoms with Crippen molar-refractivity contribution in [2.24, 2.45) is 17.8 Å². The molecule has 1 aromatic rings. The number of carbonyl (C=O) groups is 2. The van der Waals surface area contributed by atoms with Crippen LogP contribution in [0.15, 0.2) is 12.5 Å². The molecule has 3 N–H and O–H groups in total. The monoisotopic (exact) mass is 251 g/mol. The van der Waals surface area contributed by atoms with Crippen LogP contribution in [-0.4, -0.2) is 27.0 Å². The lowest BCUT2D eigenvalue weighted by atomic mass is 9.95. The van der Waals surface area contributed by atoms with E-state index in [0.29, 0.717) is 19.4 Å². The summed E-state index contributed by atoms with van der Waals surface area (Å²) in [4.78, 5) is 29.8. The van der Waals surface area contributed by atoms with Crippen LogP contribution in [0.2, 0.25) is 0 Å². The average Bonchev–Trinajstić information content (AvgIpc) is 2.94. The first-order chi connectivity index (χ1) is 8.58. The second-order valence-electron chi connectivity index (χ2n) is 4.92. The van der Waals surface area contributed by atoms with E-state index in [1.165, 1.54) is 0 Å². The van der Waals surface area contributed by atoms with E-state index in [9.17, 15) is 9.59 Å². The standard InChI is InChI=1S/C12H17N3O3/c1-7-2-9(10(3-7)12(17)18)11(16)14-5-8-4-13-6-15-8/h4,6-7,9-10H,2-3,5H2,1H3,(H,13,15)(H,14,16)(H,17,18). The molecule has 3 atom stereocenters. The molecular formula is C12H17N3O3. The zero-order chi connectivity index (χ0) is 13.1. The van der Waals surface area contributed by atoms with E-state index in [2.05, 4.69) is 15.3 Å². The van der Waals surface area contributed by atoms with Gasteiger partial charge in [0.15, 0.2) is 0 Å². The van der Waals surface area contributed by atoms with Crippen molar-refractivity contribution in [2.75, 3.05) is 0 Å². The molecule has 1 heterocycles. The molecule has 1 aliphatic carbocycles. The summed E-state index contributed by atoms with van der Waals surface area (Å²) >= 11 is 0. The molecule has 1 aliphatic rings.